The Morgan fingerprint density at radius 3 is 2.43 bits per heavy atom. The summed E-state index contributed by atoms with van der Waals surface area (Å²) in [5.74, 6) is 0. The molecule has 82 valence electrons. The Morgan fingerprint density at radius 1 is 1.57 bits per heavy atom. The summed E-state index contributed by atoms with van der Waals surface area (Å²) in [6.07, 6.45) is 0.0654. The molecule has 0 spiro atoms. The van der Waals surface area contributed by atoms with Crippen molar-refractivity contribution in [1.82, 2.24) is 5.32 Å². The van der Waals surface area contributed by atoms with Gasteiger partial charge in [0.2, 0.25) is 0 Å². The number of ether oxygens (including phenoxy) is 1. The minimum atomic E-state index is -0.762. The molecular formula is C10H19NO3. The second-order valence-corrected chi connectivity index (χ2v) is 4.16. The van der Waals surface area contributed by atoms with E-state index in [1.165, 1.54) is 6.08 Å². The Balaban J connectivity index is 4.01. The molecule has 0 radical (unpaired) electrons. The lowest BCUT2D eigenvalue weighted by Gasteiger charge is -2.23. The van der Waals surface area contributed by atoms with Crippen LogP contribution in [0.4, 0.5) is 4.79 Å². The van der Waals surface area contributed by atoms with Gasteiger partial charge in [0.1, 0.15) is 5.60 Å². The maximum atomic E-state index is 11.2. The molecule has 0 aromatic rings. The van der Waals surface area contributed by atoms with Crippen LogP contribution in [0, 0.1) is 0 Å². The highest BCUT2D eigenvalue weighted by atomic mass is 16.6. The molecular weight excluding hydrogens is 182 g/mol. The van der Waals surface area contributed by atoms with Crippen molar-refractivity contribution in [2.45, 2.75) is 45.4 Å². The van der Waals surface area contributed by atoms with E-state index in [-0.39, 0.29) is 0 Å². The van der Waals surface area contributed by atoms with E-state index in [1.807, 2.05) is 0 Å². The number of nitrogens with one attached hydrogen (secondary N) is 1. The number of hydrogen-bond donors (Lipinski definition) is 2. The number of carbonyl (C=O) groups excluding carboxylic acids is 1. The molecule has 0 aliphatic heterocycles. The fraction of sp³-hybridized carbons (Fsp3) is 0.700. The van der Waals surface area contributed by atoms with Crippen molar-refractivity contribution < 1.29 is 14.6 Å². The molecule has 0 heterocycles. The van der Waals surface area contributed by atoms with Crippen molar-refractivity contribution >= 4 is 6.09 Å². The summed E-state index contributed by atoms with van der Waals surface area (Å²) in [5.41, 5.74) is -0.525. The molecule has 0 saturated carbocycles. The average Bonchev–Trinajstić information content (AvgIpc) is 1.99. The maximum Gasteiger partial charge on any atom is 0.407 e. The predicted octanol–water partition coefficient (Wildman–Crippen LogP) is 1.45. The Hall–Kier alpha value is -1.03. The van der Waals surface area contributed by atoms with Crippen LogP contribution in [0.15, 0.2) is 12.7 Å². The van der Waals surface area contributed by atoms with Gasteiger partial charge in [-0.15, -0.1) is 6.58 Å². The van der Waals surface area contributed by atoms with Crippen LogP contribution >= 0.6 is 0 Å². The van der Waals surface area contributed by atoms with Crippen LogP contribution in [0.25, 0.3) is 0 Å². The summed E-state index contributed by atoms with van der Waals surface area (Å²) in [6.45, 7) is 10.4. The summed E-state index contributed by atoms with van der Waals surface area (Å²) in [5, 5.41) is 11.8. The topological polar surface area (TPSA) is 58.6 Å². The van der Waals surface area contributed by atoms with E-state index >= 15 is 0 Å². The zero-order valence-corrected chi connectivity index (χ0v) is 9.20. The lowest BCUT2D eigenvalue weighted by molar-refractivity contribution is 0.0465. The largest absolute Gasteiger partial charge is 0.444 e. The average molecular weight is 201 g/mol. The van der Waals surface area contributed by atoms with Crippen molar-refractivity contribution in [3.05, 3.63) is 12.7 Å². The number of aliphatic hydroxyl groups excluding tert-OH is 1. The van der Waals surface area contributed by atoms with Crippen LogP contribution in [0.2, 0.25) is 0 Å². The van der Waals surface area contributed by atoms with Crippen LogP contribution in [0.1, 0.15) is 27.7 Å². The molecule has 0 unspecified atom stereocenters. The minimum absolute atomic E-state index is 0.401. The predicted molar refractivity (Wildman–Crippen MR) is 55.0 cm³/mol. The van der Waals surface area contributed by atoms with Crippen LogP contribution in [-0.4, -0.2) is 28.9 Å². The fourth-order valence-corrected chi connectivity index (χ4v) is 0.783. The third-order valence-corrected chi connectivity index (χ3v) is 1.50. The van der Waals surface area contributed by atoms with Gasteiger partial charge in [-0.3, -0.25) is 0 Å². The first kappa shape index (κ1) is 13.0. The summed E-state index contributed by atoms with van der Waals surface area (Å²) >= 11 is 0. The molecule has 4 nitrogen and oxygen atoms in total. The van der Waals surface area contributed by atoms with Gasteiger partial charge in [-0.1, -0.05) is 6.08 Å². The normalized spacial score (nSPS) is 15.5. The molecule has 2 N–H and O–H groups in total. The smallest absolute Gasteiger partial charge is 0.407 e. The third-order valence-electron chi connectivity index (χ3n) is 1.50. The van der Waals surface area contributed by atoms with Crippen LogP contribution in [0.3, 0.4) is 0 Å². The zero-order chi connectivity index (χ0) is 11.4. The van der Waals surface area contributed by atoms with Crippen molar-refractivity contribution in [3.8, 4) is 0 Å². The molecule has 0 bridgehead atoms. The van der Waals surface area contributed by atoms with Gasteiger partial charge in [-0.25, -0.2) is 4.79 Å². The molecule has 0 aromatic carbocycles. The molecule has 0 rings (SSSR count). The Morgan fingerprint density at radius 2 is 2.07 bits per heavy atom. The van der Waals surface area contributed by atoms with Crippen molar-refractivity contribution in [2.75, 3.05) is 0 Å². The molecule has 0 saturated heterocycles. The van der Waals surface area contributed by atoms with E-state index in [4.69, 9.17) is 4.74 Å². The first-order valence-electron chi connectivity index (χ1n) is 4.56. The Kier molecular flexibility index (Phi) is 4.63. The van der Waals surface area contributed by atoms with Crippen molar-refractivity contribution in [2.24, 2.45) is 0 Å². The summed E-state index contributed by atoms with van der Waals surface area (Å²) in [7, 11) is 0. The standard InChI is InChI=1S/C10H19NO3/c1-6-8(12)7(2)11-9(13)14-10(3,4)5/h6-8,12H,1H2,2-5H3,(H,11,13)/t7-,8+/m0/s1. The maximum absolute atomic E-state index is 11.2. The molecule has 0 fully saturated rings. The van der Waals surface area contributed by atoms with Gasteiger partial charge < -0.3 is 15.2 Å². The van der Waals surface area contributed by atoms with Crippen LogP contribution < -0.4 is 5.32 Å². The second kappa shape index (κ2) is 5.00. The number of amides is 1. The number of carbonyl (C=O) groups is 1. The molecule has 0 aromatic heterocycles. The van der Waals surface area contributed by atoms with Gasteiger partial charge in [0.05, 0.1) is 12.1 Å². The molecule has 2 atom stereocenters. The molecule has 14 heavy (non-hydrogen) atoms. The quantitative estimate of drug-likeness (QED) is 0.679. The lowest BCUT2D eigenvalue weighted by atomic mass is 10.2. The lowest BCUT2D eigenvalue weighted by Crippen LogP contribution is -2.42. The van der Waals surface area contributed by atoms with E-state index < -0.39 is 23.8 Å². The van der Waals surface area contributed by atoms with Crippen molar-refractivity contribution in [1.29, 1.82) is 0 Å². The highest BCUT2D eigenvalue weighted by molar-refractivity contribution is 5.68. The van der Waals surface area contributed by atoms with Crippen LogP contribution in [-0.2, 0) is 4.74 Å². The van der Waals surface area contributed by atoms with Gasteiger partial charge in [-0.2, -0.15) is 0 Å². The van der Waals surface area contributed by atoms with E-state index in [0.717, 1.165) is 0 Å². The number of alkyl carbamates (subject to hydrolysis) is 1. The summed E-state index contributed by atoms with van der Waals surface area (Å²) in [6, 6.07) is -0.401. The van der Waals surface area contributed by atoms with Crippen LogP contribution in [0.5, 0.6) is 0 Å². The molecule has 1 amide bonds. The Labute approximate surface area is 85.0 Å². The number of hydrogen-bond acceptors (Lipinski definition) is 3. The minimum Gasteiger partial charge on any atom is -0.444 e. The molecule has 0 aliphatic carbocycles. The van der Waals surface area contributed by atoms with E-state index in [9.17, 15) is 9.90 Å². The van der Waals surface area contributed by atoms with Gasteiger partial charge in [0.25, 0.3) is 0 Å². The summed E-state index contributed by atoms with van der Waals surface area (Å²) in [4.78, 5) is 11.2. The number of rotatable bonds is 3. The third kappa shape index (κ3) is 5.59. The zero-order valence-electron chi connectivity index (χ0n) is 9.20. The fourth-order valence-electron chi connectivity index (χ4n) is 0.783. The monoisotopic (exact) mass is 201 g/mol. The molecule has 0 aliphatic rings. The molecule has 4 heteroatoms. The van der Waals surface area contributed by atoms with Gasteiger partial charge in [0.15, 0.2) is 0 Å². The first-order chi connectivity index (χ1) is 6.26. The first-order valence-corrected chi connectivity index (χ1v) is 4.56. The van der Waals surface area contributed by atoms with E-state index in [1.54, 1.807) is 27.7 Å². The highest BCUT2D eigenvalue weighted by Gasteiger charge is 2.19. The van der Waals surface area contributed by atoms with Gasteiger partial charge in [-0.05, 0) is 27.7 Å². The Bertz CT molecular complexity index is 208. The summed E-state index contributed by atoms with van der Waals surface area (Å²) < 4.78 is 5.01. The second-order valence-electron chi connectivity index (χ2n) is 4.16. The number of aliphatic hydroxyl groups is 1. The SMILES string of the molecule is C=C[C@@H](O)[C@H](C)NC(=O)OC(C)(C)C. The van der Waals surface area contributed by atoms with Crippen molar-refractivity contribution in [3.63, 3.8) is 0 Å². The van der Waals surface area contributed by atoms with E-state index in [2.05, 4.69) is 11.9 Å². The van der Waals surface area contributed by atoms with Gasteiger partial charge >= 0.3 is 6.09 Å². The van der Waals surface area contributed by atoms with E-state index in [0.29, 0.717) is 0 Å². The highest BCUT2D eigenvalue weighted by Crippen LogP contribution is 2.07. The van der Waals surface area contributed by atoms with Gasteiger partial charge in [0, 0.05) is 0 Å².